The lowest BCUT2D eigenvalue weighted by molar-refractivity contribution is 0.294. The highest BCUT2D eigenvalue weighted by molar-refractivity contribution is 6.01. The molecule has 1 aromatic heterocycles. The maximum Gasteiger partial charge on any atom is 0.0502 e. The summed E-state index contributed by atoms with van der Waals surface area (Å²) in [5.41, 5.74) is 4.00. The van der Waals surface area contributed by atoms with Crippen LogP contribution >= 0.6 is 0 Å². The predicted octanol–water partition coefficient (Wildman–Crippen LogP) is 5.21. The highest BCUT2D eigenvalue weighted by Crippen LogP contribution is 2.50. The summed E-state index contributed by atoms with van der Waals surface area (Å²) in [6.45, 7) is 7.80. The molecular weight excluding hydrogens is 280 g/mol. The van der Waals surface area contributed by atoms with Gasteiger partial charge in [-0.1, -0.05) is 24.6 Å². The maximum atomic E-state index is 5.02. The van der Waals surface area contributed by atoms with Gasteiger partial charge in [-0.25, -0.2) is 0 Å². The number of hydrogen-bond donors (Lipinski definition) is 0. The van der Waals surface area contributed by atoms with E-state index in [1.165, 1.54) is 47.8 Å². The van der Waals surface area contributed by atoms with Gasteiger partial charge in [0.05, 0.1) is 6.04 Å². The quantitative estimate of drug-likeness (QED) is 0.690. The van der Waals surface area contributed by atoms with Crippen LogP contribution in [0.25, 0.3) is 10.9 Å². The monoisotopic (exact) mass is 308 g/mol. The standard InChI is InChI=1S/C21H28N2/c1-4-23-15(3)20(18-7-5-6-8-21(18)23)13-22-14(2)19-12-16-9-10-17(19)11-16/h5-8,13-14,16-17,19H,4,9-12H2,1-3H3. The van der Waals surface area contributed by atoms with Crippen LogP contribution in [0.15, 0.2) is 29.3 Å². The van der Waals surface area contributed by atoms with E-state index >= 15 is 0 Å². The molecule has 2 aliphatic carbocycles. The molecule has 2 heteroatoms. The van der Waals surface area contributed by atoms with E-state index < -0.39 is 0 Å². The highest BCUT2D eigenvalue weighted by atomic mass is 15.0. The summed E-state index contributed by atoms with van der Waals surface area (Å²) in [6, 6.07) is 9.19. The second kappa shape index (κ2) is 5.81. The number of aromatic nitrogens is 1. The smallest absolute Gasteiger partial charge is 0.0502 e. The van der Waals surface area contributed by atoms with Gasteiger partial charge in [0.2, 0.25) is 0 Å². The summed E-state index contributed by atoms with van der Waals surface area (Å²) in [4.78, 5) is 5.02. The van der Waals surface area contributed by atoms with Crippen LogP contribution < -0.4 is 0 Å². The Morgan fingerprint density at radius 3 is 2.78 bits per heavy atom. The summed E-state index contributed by atoms with van der Waals surface area (Å²) in [5, 5.41) is 1.34. The second-order valence-electron chi connectivity index (χ2n) is 7.62. The molecule has 23 heavy (non-hydrogen) atoms. The van der Waals surface area contributed by atoms with E-state index in [4.69, 9.17) is 4.99 Å². The largest absolute Gasteiger partial charge is 0.344 e. The predicted molar refractivity (Wildman–Crippen MR) is 98.3 cm³/mol. The zero-order valence-electron chi connectivity index (χ0n) is 14.6. The first-order valence-corrected chi connectivity index (χ1v) is 9.30. The van der Waals surface area contributed by atoms with Crippen LogP contribution in [0.1, 0.15) is 50.8 Å². The molecule has 1 heterocycles. The third-order valence-electron chi connectivity index (χ3n) is 6.45. The number of benzene rings is 1. The van der Waals surface area contributed by atoms with Crippen LogP contribution in [0.2, 0.25) is 0 Å². The van der Waals surface area contributed by atoms with Gasteiger partial charge in [0.25, 0.3) is 0 Å². The minimum absolute atomic E-state index is 0.466. The van der Waals surface area contributed by atoms with Gasteiger partial charge in [0.15, 0.2) is 0 Å². The fraction of sp³-hybridized carbons (Fsp3) is 0.571. The van der Waals surface area contributed by atoms with Gasteiger partial charge in [-0.15, -0.1) is 0 Å². The van der Waals surface area contributed by atoms with Crippen molar-refractivity contribution in [3.63, 3.8) is 0 Å². The minimum Gasteiger partial charge on any atom is -0.344 e. The molecule has 4 unspecified atom stereocenters. The molecule has 2 aromatic rings. The molecule has 0 spiro atoms. The summed E-state index contributed by atoms with van der Waals surface area (Å²) in [6.07, 6.45) is 7.97. The van der Waals surface area contributed by atoms with Crippen LogP contribution in [0.5, 0.6) is 0 Å². The van der Waals surface area contributed by atoms with Crippen molar-refractivity contribution >= 4 is 17.1 Å². The first-order valence-electron chi connectivity index (χ1n) is 9.30. The Morgan fingerprint density at radius 2 is 2.09 bits per heavy atom. The SMILES string of the molecule is CCn1c(C)c(C=NC(C)C2CC3CCC2C3)c2ccccc21. The fourth-order valence-corrected chi connectivity index (χ4v) is 5.22. The Bertz CT molecular complexity index is 740. The maximum absolute atomic E-state index is 5.02. The van der Waals surface area contributed by atoms with Crippen LogP contribution in [-0.2, 0) is 6.54 Å². The van der Waals surface area contributed by atoms with Crippen LogP contribution in [-0.4, -0.2) is 16.8 Å². The number of rotatable bonds is 4. The molecule has 1 aromatic carbocycles. The Balaban J connectivity index is 1.63. The van der Waals surface area contributed by atoms with Gasteiger partial charge in [-0.3, -0.25) is 4.99 Å². The molecule has 2 saturated carbocycles. The van der Waals surface area contributed by atoms with Gasteiger partial charge < -0.3 is 4.57 Å². The van der Waals surface area contributed by atoms with Crippen molar-refractivity contribution < 1.29 is 0 Å². The van der Waals surface area contributed by atoms with Crippen molar-refractivity contribution in [2.24, 2.45) is 22.7 Å². The molecule has 0 aliphatic heterocycles. The fourth-order valence-electron chi connectivity index (χ4n) is 5.22. The van der Waals surface area contributed by atoms with E-state index in [1.54, 1.807) is 0 Å². The first kappa shape index (κ1) is 15.0. The van der Waals surface area contributed by atoms with Crippen molar-refractivity contribution in [2.45, 2.75) is 59.0 Å². The molecule has 0 amide bonds. The normalized spacial score (nSPS) is 28.2. The molecule has 2 bridgehead atoms. The Kier molecular flexibility index (Phi) is 3.79. The van der Waals surface area contributed by atoms with E-state index in [9.17, 15) is 0 Å². The number of para-hydroxylation sites is 1. The number of aliphatic imine (C=N–C) groups is 1. The number of aryl methyl sites for hydroxylation is 1. The molecule has 122 valence electrons. The highest BCUT2D eigenvalue weighted by Gasteiger charge is 2.41. The Hall–Kier alpha value is -1.57. The zero-order chi connectivity index (χ0) is 16.0. The molecule has 2 fully saturated rings. The van der Waals surface area contributed by atoms with E-state index in [2.05, 4.69) is 55.8 Å². The van der Waals surface area contributed by atoms with E-state index in [0.717, 1.165) is 24.3 Å². The number of hydrogen-bond acceptors (Lipinski definition) is 1. The summed E-state index contributed by atoms with van der Waals surface area (Å²) < 4.78 is 2.40. The summed E-state index contributed by atoms with van der Waals surface area (Å²) in [5.74, 6) is 2.78. The third-order valence-corrected chi connectivity index (χ3v) is 6.45. The lowest BCUT2D eigenvalue weighted by Crippen LogP contribution is -2.21. The molecule has 0 radical (unpaired) electrons. The average molecular weight is 308 g/mol. The Morgan fingerprint density at radius 1 is 1.26 bits per heavy atom. The summed E-state index contributed by atoms with van der Waals surface area (Å²) in [7, 11) is 0. The Labute approximate surface area is 139 Å². The molecule has 4 atom stereocenters. The topological polar surface area (TPSA) is 17.3 Å². The van der Waals surface area contributed by atoms with Crippen LogP contribution in [0.4, 0.5) is 0 Å². The number of nitrogens with zero attached hydrogens (tertiary/aromatic N) is 2. The van der Waals surface area contributed by atoms with E-state index in [0.29, 0.717) is 6.04 Å². The lowest BCUT2D eigenvalue weighted by Gasteiger charge is -2.25. The van der Waals surface area contributed by atoms with Gasteiger partial charge in [0, 0.05) is 34.9 Å². The van der Waals surface area contributed by atoms with Gasteiger partial charge in [-0.05, 0) is 63.9 Å². The molecule has 0 saturated heterocycles. The van der Waals surface area contributed by atoms with Crippen LogP contribution in [0.3, 0.4) is 0 Å². The second-order valence-corrected chi connectivity index (χ2v) is 7.62. The lowest BCUT2D eigenvalue weighted by atomic mass is 9.84. The van der Waals surface area contributed by atoms with Crippen molar-refractivity contribution in [3.05, 3.63) is 35.5 Å². The number of fused-ring (bicyclic) bond motifs is 3. The zero-order valence-corrected chi connectivity index (χ0v) is 14.6. The van der Waals surface area contributed by atoms with Crippen molar-refractivity contribution in [1.29, 1.82) is 0 Å². The van der Waals surface area contributed by atoms with Crippen molar-refractivity contribution in [2.75, 3.05) is 0 Å². The third kappa shape index (κ3) is 2.43. The summed E-state index contributed by atoms with van der Waals surface area (Å²) >= 11 is 0. The molecule has 4 rings (SSSR count). The molecule has 2 nitrogen and oxygen atoms in total. The van der Waals surface area contributed by atoms with Crippen molar-refractivity contribution in [1.82, 2.24) is 4.57 Å². The minimum atomic E-state index is 0.466. The van der Waals surface area contributed by atoms with Crippen LogP contribution in [0, 0.1) is 24.7 Å². The van der Waals surface area contributed by atoms with Gasteiger partial charge in [0.1, 0.15) is 0 Å². The van der Waals surface area contributed by atoms with Crippen molar-refractivity contribution in [3.8, 4) is 0 Å². The van der Waals surface area contributed by atoms with Gasteiger partial charge >= 0.3 is 0 Å². The van der Waals surface area contributed by atoms with Gasteiger partial charge in [-0.2, -0.15) is 0 Å². The van der Waals surface area contributed by atoms with E-state index in [1.807, 2.05) is 0 Å². The molecule has 0 N–H and O–H groups in total. The molecular formula is C21H28N2. The molecule has 2 aliphatic rings. The average Bonchev–Trinajstić information content (AvgIpc) is 3.25. The van der Waals surface area contributed by atoms with E-state index in [-0.39, 0.29) is 0 Å². The first-order chi connectivity index (χ1) is 11.2.